The van der Waals surface area contributed by atoms with Crippen LogP contribution in [-0.2, 0) is 12.8 Å². The van der Waals surface area contributed by atoms with Crippen LogP contribution >= 0.6 is 11.6 Å². The van der Waals surface area contributed by atoms with Gasteiger partial charge in [-0.3, -0.25) is 9.89 Å². The predicted molar refractivity (Wildman–Crippen MR) is 120 cm³/mol. The van der Waals surface area contributed by atoms with Gasteiger partial charge in [0.25, 0.3) is 5.91 Å². The third-order valence-corrected chi connectivity index (χ3v) is 5.81. The van der Waals surface area contributed by atoms with Gasteiger partial charge in [-0.1, -0.05) is 54.1 Å². The molecule has 4 aromatic rings. The van der Waals surface area contributed by atoms with Gasteiger partial charge in [0.05, 0.1) is 11.4 Å². The van der Waals surface area contributed by atoms with Crippen molar-refractivity contribution in [3.05, 3.63) is 88.1 Å². The molecule has 3 aromatic carbocycles. The molecule has 0 saturated heterocycles. The van der Waals surface area contributed by atoms with Crippen molar-refractivity contribution in [3.63, 3.8) is 0 Å². The van der Waals surface area contributed by atoms with Crippen LogP contribution in [0.2, 0.25) is 5.02 Å². The van der Waals surface area contributed by atoms with E-state index in [0.717, 1.165) is 29.7 Å². The van der Waals surface area contributed by atoms with Gasteiger partial charge in [-0.15, -0.1) is 0 Å². The van der Waals surface area contributed by atoms with Gasteiger partial charge in [-0.2, -0.15) is 10.2 Å². The zero-order valence-electron chi connectivity index (χ0n) is 16.4. The van der Waals surface area contributed by atoms with Crippen LogP contribution < -0.4 is 5.43 Å². The van der Waals surface area contributed by atoms with Gasteiger partial charge < -0.3 is 0 Å². The van der Waals surface area contributed by atoms with E-state index in [2.05, 4.69) is 51.1 Å². The molecule has 0 unspecified atom stereocenters. The average Bonchev–Trinajstić information content (AvgIpc) is 3.42. The number of hydrogen-bond donors (Lipinski definition) is 2. The first-order valence-electron chi connectivity index (χ1n) is 9.80. The maximum Gasteiger partial charge on any atom is 0.289 e. The van der Waals surface area contributed by atoms with Crippen LogP contribution in [0.25, 0.3) is 22.0 Å². The van der Waals surface area contributed by atoms with Gasteiger partial charge in [0.1, 0.15) is 5.69 Å². The molecule has 1 heterocycles. The van der Waals surface area contributed by atoms with Crippen LogP contribution in [0.5, 0.6) is 0 Å². The molecule has 1 aromatic heterocycles. The van der Waals surface area contributed by atoms with Crippen molar-refractivity contribution in [2.24, 2.45) is 5.10 Å². The number of aryl methyl sites for hydroxylation is 2. The molecule has 0 atom stereocenters. The largest absolute Gasteiger partial charge is 0.289 e. The van der Waals surface area contributed by atoms with E-state index in [1.165, 1.54) is 21.9 Å². The van der Waals surface area contributed by atoms with Gasteiger partial charge in [-0.25, -0.2) is 5.43 Å². The van der Waals surface area contributed by atoms with Crippen molar-refractivity contribution < 1.29 is 4.79 Å². The van der Waals surface area contributed by atoms with Crippen molar-refractivity contribution in [2.75, 3.05) is 0 Å². The Bertz CT molecular complexity index is 1290. The lowest BCUT2D eigenvalue weighted by Crippen LogP contribution is -2.19. The summed E-state index contributed by atoms with van der Waals surface area (Å²) in [5.74, 6) is -0.340. The Labute approximate surface area is 178 Å². The molecule has 5 nitrogen and oxygen atoms in total. The van der Waals surface area contributed by atoms with E-state index in [1.54, 1.807) is 18.2 Å². The van der Waals surface area contributed by atoms with Gasteiger partial charge in [-0.05, 0) is 65.4 Å². The summed E-state index contributed by atoms with van der Waals surface area (Å²) in [5, 5.41) is 14.6. The second-order valence-corrected chi connectivity index (χ2v) is 7.86. The number of aromatic amines is 1. The highest BCUT2D eigenvalue weighted by molar-refractivity contribution is 6.30. The number of aromatic nitrogens is 2. The van der Waals surface area contributed by atoms with E-state index in [0.29, 0.717) is 16.4 Å². The summed E-state index contributed by atoms with van der Waals surface area (Å²) in [5.41, 5.74) is 9.05. The number of amides is 1. The maximum absolute atomic E-state index is 12.6. The highest BCUT2D eigenvalue weighted by Crippen LogP contribution is 2.36. The summed E-state index contributed by atoms with van der Waals surface area (Å²) in [7, 11) is 0. The Balaban J connectivity index is 1.40. The lowest BCUT2D eigenvalue weighted by atomic mass is 9.98. The normalized spacial score (nSPS) is 13.1. The molecule has 1 amide bonds. The summed E-state index contributed by atoms with van der Waals surface area (Å²) in [6.07, 6.45) is 2.16. The first-order valence-corrected chi connectivity index (χ1v) is 10.2. The fraction of sp³-hybridized carbons (Fsp3) is 0.125. The van der Waals surface area contributed by atoms with Crippen LogP contribution in [0.1, 0.15) is 34.1 Å². The van der Waals surface area contributed by atoms with Crippen molar-refractivity contribution >= 4 is 34.0 Å². The minimum atomic E-state index is -0.340. The number of H-pyrrole nitrogens is 1. The van der Waals surface area contributed by atoms with Crippen LogP contribution in [0.3, 0.4) is 0 Å². The predicted octanol–water partition coefficient (Wildman–Crippen LogP) is 5.14. The molecule has 0 spiro atoms. The van der Waals surface area contributed by atoms with Crippen molar-refractivity contribution in [3.8, 4) is 11.3 Å². The van der Waals surface area contributed by atoms with Crippen LogP contribution in [0.4, 0.5) is 0 Å². The minimum absolute atomic E-state index is 0.340. The lowest BCUT2D eigenvalue weighted by molar-refractivity contribution is 0.0950. The maximum atomic E-state index is 12.6. The molecule has 1 aliphatic rings. The second kappa shape index (κ2) is 7.43. The Morgan fingerprint density at radius 3 is 2.63 bits per heavy atom. The zero-order valence-corrected chi connectivity index (χ0v) is 17.1. The molecule has 0 fully saturated rings. The molecular formula is C24H19ClN4O. The summed E-state index contributed by atoms with van der Waals surface area (Å²) < 4.78 is 0. The molecule has 30 heavy (non-hydrogen) atoms. The number of nitrogens with one attached hydrogen (secondary N) is 2. The monoisotopic (exact) mass is 414 g/mol. The third kappa shape index (κ3) is 3.27. The Morgan fingerprint density at radius 2 is 1.83 bits per heavy atom. The summed E-state index contributed by atoms with van der Waals surface area (Å²) in [6.45, 7) is 1.83. The molecule has 0 radical (unpaired) electrons. The Morgan fingerprint density at radius 1 is 1.07 bits per heavy atom. The molecule has 0 saturated carbocycles. The van der Waals surface area contributed by atoms with Crippen LogP contribution in [-0.4, -0.2) is 21.8 Å². The summed E-state index contributed by atoms with van der Waals surface area (Å²) >= 11 is 5.91. The average molecular weight is 415 g/mol. The van der Waals surface area contributed by atoms with Crippen LogP contribution in [0, 0.1) is 0 Å². The molecule has 0 bridgehead atoms. The molecule has 6 heteroatoms. The van der Waals surface area contributed by atoms with Gasteiger partial charge in [0, 0.05) is 10.6 Å². The molecule has 0 aliphatic heterocycles. The topological polar surface area (TPSA) is 70.1 Å². The molecule has 2 N–H and O–H groups in total. The number of carbonyl (C=O) groups is 1. The molecule has 5 rings (SSSR count). The van der Waals surface area contributed by atoms with E-state index >= 15 is 0 Å². The van der Waals surface area contributed by atoms with Gasteiger partial charge >= 0.3 is 0 Å². The highest BCUT2D eigenvalue weighted by Gasteiger charge is 2.18. The fourth-order valence-electron chi connectivity index (χ4n) is 4.00. The van der Waals surface area contributed by atoms with Crippen LogP contribution in [0.15, 0.2) is 65.8 Å². The Kier molecular flexibility index (Phi) is 4.60. The first kappa shape index (κ1) is 18.6. The number of benzene rings is 3. The number of rotatable bonds is 4. The summed E-state index contributed by atoms with van der Waals surface area (Å²) in [4.78, 5) is 12.6. The lowest BCUT2D eigenvalue weighted by Gasteiger charge is -2.06. The van der Waals surface area contributed by atoms with Crippen molar-refractivity contribution in [1.82, 2.24) is 15.6 Å². The number of hydrazone groups is 1. The molecule has 148 valence electrons. The number of hydrogen-bond acceptors (Lipinski definition) is 3. The van der Waals surface area contributed by atoms with E-state index in [4.69, 9.17) is 11.6 Å². The van der Waals surface area contributed by atoms with Gasteiger partial charge in [0.15, 0.2) is 0 Å². The molecular weight excluding hydrogens is 396 g/mol. The minimum Gasteiger partial charge on any atom is -0.272 e. The fourth-order valence-corrected chi connectivity index (χ4v) is 4.12. The standard InChI is InChI=1S/C24H19ClN4O/c1-14(15-7-10-18(25)11-8-15)26-29-24(30)22-13-21(27-28-22)19-12-9-17-6-5-16-3-2-4-20(19)23(16)17/h2-4,7-13H,5-6H2,1H3,(H,27,28)(H,29,30)/b26-14+. The van der Waals surface area contributed by atoms with Gasteiger partial charge in [0.2, 0.25) is 0 Å². The van der Waals surface area contributed by atoms with E-state index in [9.17, 15) is 4.79 Å². The first-order chi connectivity index (χ1) is 14.6. The smallest absolute Gasteiger partial charge is 0.272 e. The highest BCUT2D eigenvalue weighted by atomic mass is 35.5. The number of carbonyl (C=O) groups excluding carboxylic acids is 1. The third-order valence-electron chi connectivity index (χ3n) is 5.56. The van der Waals surface area contributed by atoms with E-state index < -0.39 is 0 Å². The number of halogens is 1. The van der Waals surface area contributed by atoms with E-state index in [-0.39, 0.29) is 5.91 Å². The van der Waals surface area contributed by atoms with Crippen molar-refractivity contribution in [2.45, 2.75) is 19.8 Å². The zero-order chi connectivity index (χ0) is 20.7. The SMILES string of the molecule is C/C(=N\NC(=O)c1cc(-c2ccc3c4c(cccc24)CC3)n[nH]1)c1ccc(Cl)cc1. The Hall–Kier alpha value is -3.44. The molecule has 1 aliphatic carbocycles. The quantitative estimate of drug-likeness (QED) is 0.358. The number of nitrogens with zero attached hydrogens (tertiary/aromatic N) is 2. The van der Waals surface area contributed by atoms with E-state index in [1.807, 2.05) is 19.1 Å². The second-order valence-electron chi connectivity index (χ2n) is 7.42. The summed E-state index contributed by atoms with van der Waals surface area (Å²) in [6, 6.07) is 19.7. The van der Waals surface area contributed by atoms with Crippen molar-refractivity contribution in [1.29, 1.82) is 0 Å².